The third-order valence-corrected chi connectivity index (χ3v) is 4.84. The minimum absolute atomic E-state index is 0.0232. The maximum absolute atomic E-state index is 13.0. The van der Waals surface area contributed by atoms with Gasteiger partial charge in [0.2, 0.25) is 5.78 Å². The molecule has 10 heteroatoms. The monoisotopic (exact) mass is 445 g/mol. The van der Waals surface area contributed by atoms with E-state index in [1.54, 1.807) is 36.6 Å². The Hall–Kier alpha value is -3.82. The number of benzene rings is 1. The predicted octanol–water partition coefficient (Wildman–Crippen LogP) is 3.22. The van der Waals surface area contributed by atoms with Gasteiger partial charge in [-0.2, -0.15) is 13.9 Å². The number of hydrogen-bond donors (Lipinski definition) is 0. The Bertz CT molecular complexity index is 1220. The van der Waals surface area contributed by atoms with Crippen molar-refractivity contribution < 1.29 is 27.8 Å². The Balaban J connectivity index is 1.80. The van der Waals surface area contributed by atoms with Crippen LogP contribution in [0.4, 0.5) is 8.78 Å². The Kier molecular flexibility index (Phi) is 6.52. The maximum Gasteiger partial charge on any atom is 0.387 e. The molecule has 1 aromatic carbocycles. The fourth-order valence-electron chi connectivity index (χ4n) is 3.29. The van der Waals surface area contributed by atoms with E-state index in [0.717, 1.165) is 10.4 Å². The van der Waals surface area contributed by atoms with Crippen LogP contribution in [0.15, 0.2) is 47.3 Å². The summed E-state index contributed by atoms with van der Waals surface area (Å²) in [7, 11) is 1.40. The maximum atomic E-state index is 13.0. The van der Waals surface area contributed by atoms with Crippen LogP contribution in [-0.4, -0.2) is 38.8 Å². The van der Waals surface area contributed by atoms with E-state index in [2.05, 4.69) is 9.84 Å². The summed E-state index contributed by atoms with van der Waals surface area (Å²) in [5.74, 6) is -1.22. The molecule has 0 saturated carbocycles. The molecule has 168 valence electrons. The van der Waals surface area contributed by atoms with Crippen LogP contribution in [0, 0.1) is 13.8 Å². The molecule has 0 aliphatic carbocycles. The quantitative estimate of drug-likeness (QED) is 0.410. The second-order valence-corrected chi connectivity index (χ2v) is 7.08. The molecule has 32 heavy (non-hydrogen) atoms. The standard InChI is InChI=1S/C22H21F2N3O5/c1-12-11-17(13(2)27(12)15-5-7-16(8-6-15)32-22(23)24)20(29)14(3)31-21(30)18-9-10-19(28)26(4)25-18/h5-11,14,22H,1-4H3. The highest BCUT2D eigenvalue weighted by Crippen LogP contribution is 2.25. The summed E-state index contributed by atoms with van der Waals surface area (Å²) in [5, 5.41) is 3.82. The van der Waals surface area contributed by atoms with Gasteiger partial charge in [0, 0.05) is 35.8 Å². The fourth-order valence-corrected chi connectivity index (χ4v) is 3.29. The summed E-state index contributed by atoms with van der Waals surface area (Å²) in [4.78, 5) is 36.7. The van der Waals surface area contributed by atoms with E-state index in [4.69, 9.17) is 4.74 Å². The second-order valence-electron chi connectivity index (χ2n) is 7.08. The van der Waals surface area contributed by atoms with Gasteiger partial charge in [-0.1, -0.05) is 0 Å². The zero-order valence-electron chi connectivity index (χ0n) is 17.8. The van der Waals surface area contributed by atoms with Crippen LogP contribution < -0.4 is 10.3 Å². The lowest BCUT2D eigenvalue weighted by Crippen LogP contribution is -2.27. The molecule has 0 N–H and O–H groups in total. The van der Waals surface area contributed by atoms with E-state index in [0.29, 0.717) is 16.9 Å². The summed E-state index contributed by atoms with van der Waals surface area (Å²) in [5.41, 5.74) is 1.85. The van der Waals surface area contributed by atoms with Crippen molar-refractivity contribution in [1.29, 1.82) is 0 Å². The van der Waals surface area contributed by atoms with Gasteiger partial charge in [-0.25, -0.2) is 9.48 Å². The molecule has 2 aromatic heterocycles. The molecule has 3 aromatic rings. The second kappa shape index (κ2) is 9.13. The molecule has 3 rings (SSSR count). The first-order valence-corrected chi connectivity index (χ1v) is 9.62. The van der Waals surface area contributed by atoms with Gasteiger partial charge in [0.1, 0.15) is 5.75 Å². The zero-order chi connectivity index (χ0) is 23.6. The van der Waals surface area contributed by atoms with E-state index < -0.39 is 24.5 Å². The number of rotatable bonds is 7. The molecular formula is C22H21F2N3O5. The van der Waals surface area contributed by atoms with Gasteiger partial charge in [-0.05, 0) is 57.2 Å². The Morgan fingerprint density at radius 2 is 1.72 bits per heavy atom. The number of ketones is 1. The number of esters is 1. The molecule has 0 fully saturated rings. The van der Waals surface area contributed by atoms with Gasteiger partial charge in [0.05, 0.1) is 0 Å². The van der Waals surface area contributed by atoms with Crippen molar-refractivity contribution in [2.45, 2.75) is 33.5 Å². The van der Waals surface area contributed by atoms with Gasteiger partial charge in [0.25, 0.3) is 5.56 Å². The number of halogens is 2. The van der Waals surface area contributed by atoms with Crippen molar-refractivity contribution in [3.05, 3.63) is 75.5 Å². The van der Waals surface area contributed by atoms with Gasteiger partial charge >= 0.3 is 12.6 Å². The lowest BCUT2D eigenvalue weighted by Gasteiger charge is -2.13. The highest BCUT2D eigenvalue weighted by molar-refractivity contribution is 6.02. The van der Waals surface area contributed by atoms with Crippen molar-refractivity contribution in [2.75, 3.05) is 0 Å². The van der Waals surface area contributed by atoms with Crippen molar-refractivity contribution in [1.82, 2.24) is 14.3 Å². The van der Waals surface area contributed by atoms with Gasteiger partial charge in [-0.15, -0.1) is 0 Å². The van der Waals surface area contributed by atoms with Crippen LogP contribution in [0.2, 0.25) is 0 Å². The van der Waals surface area contributed by atoms with Crippen LogP contribution in [0.3, 0.4) is 0 Å². The van der Waals surface area contributed by atoms with E-state index in [9.17, 15) is 23.2 Å². The molecule has 2 heterocycles. The average molecular weight is 445 g/mol. The third kappa shape index (κ3) is 4.74. The highest BCUT2D eigenvalue weighted by Gasteiger charge is 2.25. The van der Waals surface area contributed by atoms with Crippen molar-refractivity contribution in [2.24, 2.45) is 7.05 Å². The van der Waals surface area contributed by atoms with Crippen LogP contribution in [0.1, 0.15) is 39.2 Å². The molecule has 0 amide bonds. The number of alkyl halides is 2. The highest BCUT2D eigenvalue weighted by atomic mass is 19.3. The number of nitrogens with zero attached hydrogens (tertiary/aromatic N) is 3. The molecular weight excluding hydrogens is 424 g/mol. The van der Waals surface area contributed by atoms with E-state index in [1.807, 2.05) is 0 Å². The number of Topliss-reactive ketones (excluding diaryl/α,β-unsaturated/α-hetero) is 1. The Morgan fingerprint density at radius 3 is 2.31 bits per heavy atom. The van der Waals surface area contributed by atoms with E-state index in [-0.39, 0.29) is 17.0 Å². The smallest absolute Gasteiger partial charge is 0.387 e. The third-order valence-electron chi connectivity index (χ3n) is 4.84. The summed E-state index contributed by atoms with van der Waals surface area (Å²) in [6.45, 7) is 2.05. The largest absolute Gasteiger partial charge is 0.449 e. The van der Waals surface area contributed by atoms with Gasteiger partial charge < -0.3 is 14.0 Å². The minimum atomic E-state index is -2.92. The van der Waals surface area contributed by atoms with Crippen molar-refractivity contribution in [3.63, 3.8) is 0 Å². The molecule has 0 aliphatic heterocycles. The summed E-state index contributed by atoms with van der Waals surface area (Å²) in [6.07, 6.45) is -1.10. The van der Waals surface area contributed by atoms with E-state index in [1.165, 1.54) is 38.2 Å². The summed E-state index contributed by atoms with van der Waals surface area (Å²) >= 11 is 0. The summed E-state index contributed by atoms with van der Waals surface area (Å²) < 4.78 is 37.1. The number of carbonyl (C=O) groups excluding carboxylic acids is 2. The minimum Gasteiger partial charge on any atom is -0.449 e. The van der Waals surface area contributed by atoms with Crippen molar-refractivity contribution >= 4 is 11.8 Å². The molecule has 0 aliphatic rings. The molecule has 0 spiro atoms. The molecule has 0 saturated heterocycles. The predicted molar refractivity (Wildman–Crippen MR) is 111 cm³/mol. The van der Waals surface area contributed by atoms with Crippen LogP contribution in [0.25, 0.3) is 5.69 Å². The van der Waals surface area contributed by atoms with Crippen LogP contribution in [0.5, 0.6) is 5.75 Å². The topological polar surface area (TPSA) is 92.4 Å². The first-order valence-electron chi connectivity index (χ1n) is 9.62. The number of carbonyl (C=O) groups is 2. The first kappa shape index (κ1) is 22.9. The Morgan fingerprint density at radius 1 is 1.06 bits per heavy atom. The molecule has 8 nitrogen and oxygen atoms in total. The molecule has 0 radical (unpaired) electrons. The van der Waals surface area contributed by atoms with Gasteiger partial charge in [-0.3, -0.25) is 9.59 Å². The average Bonchev–Trinajstić information content (AvgIpc) is 3.03. The van der Waals surface area contributed by atoms with Crippen LogP contribution in [-0.2, 0) is 11.8 Å². The molecule has 1 unspecified atom stereocenters. The lowest BCUT2D eigenvalue weighted by molar-refractivity contribution is -0.0498. The zero-order valence-corrected chi connectivity index (χ0v) is 17.8. The SMILES string of the molecule is Cc1cc(C(=O)C(C)OC(=O)c2ccc(=O)n(C)n2)c(C)n1-c1ccc(OC(F)F)cc1. The molecule has 0 bridgehead atoms. The normalized spacial score (nSPS) is 12.0. The number of hydrogen-bond acceptors (Lipinski definition) is 6. The lowest BCUT2D eigenvalue weighted by atomic mass is 10.1. The number of ether oxygens (including phenoxy) is 2. The fraction of sp³-hybridized carbons (Fsp3) is 0.273. The summed E-state index contributed by atoms with van der Waals surface area (Å²) in [6, 6.07) is 10.1. The van der Waals surface area contributed by atoms with Crippen LogP contribution >= 0.6 is 0 Å². The van der Waals surface area contributed by atoms with Gasteiger partial charge in [0.15, 0.2) is 11.8 Å². The van der Waals surface area contributed by atoms with E-state index >= 15 is 0 Å². The van der Waals surface area contributed by atoms with Crippen molar-refractivity contribution in [3.8, 4) is 11.4 Å². The molecule has 1 atom stereocenters. The first-order chi connectivity index (χ1) is 15.1. The number of aryl methyl sites for hydroxylation is 2. The number of aromatic nitrogens is 3. The Labute approximate surface area is 182 Å².